The number of aromatic nitrogens is 2. The Morgan fingerprint density at radius 1 is 1.32 bits per heavy atom. The highest BCUT2D eigenvalue weighted by Gasteiger charge is 2.25. The van der Waals surface area contributed by atoms with Gasteiger partial charge in [-0.1, -0.05) is 12.6 Å². The highest BCUT2D eigenvalue weighted by atomic mass is 19.1. The Kier molecular flexibility index (Phi) is 7.56. The van der Waals surface area contributed by atoms with E-state index in [-0.39, 0.29) is 47.3 Å². The average Bonchev–Trinajstić information content (AvgIpc) is 3.73. The van der Waals surface area contributed by atoms with Crippen LogP contribution in [0.3, 0.4) is 0 Å². The van der Waals surface area contributed by atoms with Crippen LogP contribution in [0.15, 0.2) is 49.3 Å². The summed E-state index contributed by atoms with van der Waals surface area (Å²) < 4.78 is 35.5. The number of benzene rings is 2. The van der Waals surface area contributed by atoms with Crippen molar-refractivity contribution in [2.45, 2.75) is 25.7 Å². The van der Waals surface area contributed by atoms with Crippen molar-refractivity contribution in [3.8, 4) is 17.0 Å². The molecule has 9 nitrogen and oxygen atoms in total. The minimum Gasteiger partial charge on any atom is -0.486 e. The van der Waals surface area contributed by atoms with E-state index in [4.69, 9.17) is 10.1 Å². The van der Waals surface area contributed by atoms with Crippen LogP contribution in [-0.4, -0.2) is 51.8 Å². The number of carbonyl (C=O) groups is 2. The highest BCUT2D eigenvalue weighted by Crippen LogP contribution is 2.40. The molecule has 1 aromatic heterocycles. The first-order valence-electron chi connectivity index (χ1n) is 11.9. The van der Waals surface area contributed by atoms with Crippen LogP contribution in [0.5, 0.6) is 5.75 Å². The molecule has 38 heavy (non-hydrogen) atoms. The lowest BCUT2D eigenvalue weighted by atomic mass is 10.0. The molecule has 2 amide bonds. The van der Waals surface area contributed by atoms with E-state index in [2.05, 4.69) is 16.9 Å². The Labute approximate surface area is 217 Å². The van der Waals surface area contributed by atoms with Gasteiger partial charge in [0.1, 0.15) is 30.3 Å². The summed E-state index contributed by atoms with van der Waals surface area (Å²) in [6, 6.07) is 6.74. The number of rotatable bonds is 9. The molecule has 1 saturated carbocycles. The quantitative estimate of drug-likeness (QED) is 0.289. The minimum atomic E-state index is -0.744. The zero-order chi connectivity index (χ0) is 27.6. The maximum absolute atomic E-state index is 14.7. The van der Waals surface area contributed by atoms with Gasteiger partial charge in [-0.15, -0.1) is 0 Å². The Balaban J connectivity index is 1.64. The van der Waals surface area contributed by atoms with Crippen LogP contribution in [0, 0.1) is 24.0 Å². The van der Waals surface area contributed by atoms with Crippen LogP contribution >= 0.6 is 0 Å². The standard InChI is InChI=1S/C27H27F2N5O4/c1-4-23(35)33(3)9-10-38-25-24(31-14-34(37)26(25)30)20-12-18(28)13-22(15(20)2)32-27(36)19-8-7-17(11-21(19)29)16-5-6-16/h4,7-8,11-14,16,30,37H,1,5-6,9-10H2,2-3H3,(H,32,36). The molecule has 11 heteroatoms. The van der Waals surface area contributed by atoms with Gasteiger partial charge in [0, 0.05) is 18.3 Å². The lowest BCUT2D eigenvalue weighted by molar-refractivity contribution is -0.125. The van der Waals surface area contributed by atoms with Gasteiger partial charge in [0.2, 0.25) is 11.4 Å². The first kappa shape index (κ1) is 26.5. The molecule has 1 heterocycles. The molecular formula is C27H27F2N5O4. The molecule has 2 aromatic carbocycles. The van der Waals surface area contributed by atoms with E-state index in [9.17, 15) is 23.6 Å². The molecule has 0 saturated heterocycles. The van der Waals surface area contributed by atoms with Crippen molar-refractivity contribution in [1.82, 2.24) is 14.6 Å². The van der Waals surface area contributed by atoms with Crippen molar-refractivity contribution in [3.05, 3.63) is 83.1 Å². The van der Waals surface area contributed by atoms with Crippen molar-refractivity contribution in [3.63, 3.8) is 0 Å². The van der Waals surface area contributed by atoms with Crippen LogP contribution in [-0.2, 0) is 4.79 Å². The highest BCUT2D eigenvalue weighted by molar-refractivity contribution is 6.05. The van der Waals surface area contributed by atoms with Crippen molar-refractivity contribution in [2.75, 3.05) is 25.5 Å². The van der Waals surface area contributed by atoms with E-state index in [1.54, 1.807) is 20.0 Å². The maximum atomic E-state index is 14.7. The summed E-state index contributed by atoms with van der Waals surface area (Å²) in [7, 11) is 1.54. The summed E-state index contributed by atoms with van der Waals surface area (Å²) in [6.07, 6.45) is 4.09. The predicted octanol–water partition coefficient (Wildman–Crippen LogP) is 4.01. The fraction of sp³-hybridized carbons (Fsp3) is 0.259. The number of nitrogens with one attached hydrogen (secondary N) is 2. The molecule has 1 aliphatic carbocycles. The first-order chi connectivity index (χ1) is 18.1. The van der Waals surface area contributed by atoms with Crippen molar-refractivity contribution in [2.24, 2.45) is 0 Å². The number of hydrogen-bond donors (Lipinski definition) is 3. The average molecular weight is 524 g/mol. The molecule has 0 bridgehead atoms. The second-order valence-corrected chi connectivity index (χ2v) is 9.02. The second kappa shape index (κ2) is 10.8. The molecule has 0 spiro atoms. The SMILES string of the molecule is C=CC(=O)N(C)CCOc1c(-c2cc(F)cc(NC(=O)c3ccc(C4CC4)cc3F)c2C)ncn(O)c1=N. The van der Waals surface area contributed by atoms with Gasteiger partial charge in [-0.3, -0.25) is 15.0 Å². The molecule has 0 atom stereocenters. The Hall–Kier alpha value is -4.54. The zero-order valence-corrected chi connectivity index (χ0v) is 20.9. The monoisotopic (exact) mass is 523 g/mol. The third-order valence-corrected chi connectivity index (χ3v) is 6.34. The normalized spacial score (nSPS) is 12.6. The number of anilines is 1. The predicted molar refractivity (Wildman–Crippen MR) is 135 cm³/mol. The van der Waals surface area contributed by atoms with E-state index >= 15 is 0 Å². The molecule has 1 aliphatic rings. The van der Waals surface area contributed by atoms with Gasteiger partial charge in [-0.05, 0) is 67.2 Å². The molecule has 0 aliphatic heterocycles. The van der Waals surface area contributed by atoms with E-state index in [0.717, 1.165) is 42.9 Å². The molecule has 198 valence electrons. The van der Waals surface area contributed by atoms with Gasteiger partial charge in [0.15, 0.2) is 5.75 Å². The molecule has 1 fully saturated rings. The number of likely N-dealkylation sites (N-methyl/N-ethyl adjacent to an activating group) is 1. The number of hydrogen-bond acceptors (Lipinski definition) is 6. The molecule has 4 rings (SSSR count). The van der Waals surface area contributed by atoms with Crippen LogP contribution in [0.25, 0.3) is 11.3 Å². The van der Waals surface area contributed by atoms with E-state index < -0.39 is 23.0 Å². The largest absolute Gasteiger partial charge is 0.486 e. The lowest BCUT2D eigenvalue weighted by Crippen LogP contribution is -2.30. The third kappa shape index (κ3) is 5.56. The van der Waals surface area contributed by atoms with Crippen molar-refractivity contribution >= 4 is 17.5 Å². The van der Waals surface area contributed by atoms with E-state index in [1.165, 1.54) is 17.0 Å². The van der Waals surface area contributed by atoms with Crippen LogP contribution in [0.1, 0.15) is 40.2 Å². The van der Waals surface area contributed by atoms with Gasteiger partial charge in [0.05, 0.1) is 12.1 Å². The van der Waals surface area contributed by atoms with Crippen LogP contribution in [0.2, 0.25) is 0 Å². The van der Waals surface area contributed by atoms with Crippen LogP contribution in [0.4, 0.5) is 14.5 Å². The zero-order valence-electron chi connectivity index (χ0n) is 20.9. The molecule has 3 N–H and O–H groups in total. The fourth-order valence-corrected chi connectivity index (χ4v) is 3.95. The summed E-state index contributed by atoms with van der Waals surface area (Å²) in [5.74, 6) is -2.29. The van der Waals surface area contributed by atoms with E-state index in [1.807, 2.05) is 0 Å². The van der Waals surface area contributed by atoms with E-state index in [0.29, 0.717) is 16.2 Å². The minimum absolute atomic E-state index is 0.0328. The van der Waals surface area contributed by atoms with Gasteiger partial charge < -0.3 is 20.2 Å². The first-order valence-corrected chi connectivity index (χ1v) is 11.9. The molecule has 3 aromatic rings. The van der Waals surface area contributed by atoms with Crippen LogP contribution < -0.4 is 15.5 Å². The van der Waals surface area contributed by atoms with Gasteiger partial charge in [-0.25, -0.2) is 13.8 Å². The van der Waals surface area contributed by atoms with Gasteiger partial charge >= 0.3 is 0 Å². The Bertz CT molecular complexity index is 1480. The topological polar surface area (TPSA) is 121 Å². The smallest absolute Gasteiger partial charge is 0.258 e. The molecule has 0 unspecified atom stereocenters. The third-order valence-electron chi connectivity index (χ3n) is 6.34. The van der Waals surface area contributed by atoms with Crippen molar-refractivity contribution in [1.29, 1.82) is 5.41 Å². The maximum Gasteiger partial charge on any atom is 0.258 e. The fourth-order valence-electron chi connectivity index (χ4n) is 3.95. The number of nitrogens with zero attached hydrogens (tertiary/aromatic N) is 3. The number of ether oxygens (including phenoxy) is 1. The number of halogens is 2. The molecule has 0 radical (unpaired) electrons. The summed E-state index contributed by atoms with van der Waals surface area (Å²) in [5, 5.41) is 20.7. The Morgan fingerprint density at radius 3 is 2.71 bits per heavy atom. The lowest BCUT2D eigenvalue weighted by Gasteiger charge is -2.18. The van der Waals surface area contributed by atoms with Crippen molar-refractivity contribution < 1.29 is 28.3 Å². The number of amides is 2. The summed E-state index contributed by atoms with van der Waals surface area (Å²) >= 11 is 0. The Morgan fingerprint density at radius 2 is 2.05 bits per heavy atom. The summed E-state index contributed by atoms with van der Waals surface area (Å²) in [6.45, 7) is 5.09. The summed E-state index contributed by atoms with van der Waals surface area (Å²) in [5.41, 5.74) is 0.885. The number of carbonyl (C=O) groups excluding carboxylic acids is 2. The van der Waals surface area contributed by atoms with Gasteiger partial charge in [0.25, 0.3) is 5.91 Å². The summed E-state index contributed by atoms with van der Waals surface area (Å²) in [4.78, 5) is 30.0. The second-order valence-electron chi connectivity index (χ2n) is 9.02. The molecular weight excluding hydrogens is 496 g/mol. The van der Waals surface area contributed by atoms with Gasteiger partial charge in [-0.2, -0.15) is 4.73 Å².